The smallest absolute Gasteiger partial charge is 0.182 e. The van der Waals surface area contributed by atoms with Gasteiger partial charge in [-0.1, -0.05) is 23.7 Å². The van der Waals surface area contributed by atoms with E-state index in [1.807, 2.05) is 54.8 Å². The van der Waals surface area contributed by atoms with Crippen LogP contribution >= 0.6 is 11.6 Å². The molecule has 0 radical (unpaired) electrons. The lowest BCUT2D eigenvalue weighted by atomic mass is 10.2. The Morgan fingerprint density at radius 3 is 2.80 bits per heavy atom. The van der Waals surface area contributed by atoms with Crippen LogP contribution in [0.15, 0.2) is 52.8 Å². The molecular formula is C15H13ClN4. The monoisotopic (exact) mass is 284 g/mol. The van der Waals surface area contributed by atoms with Crippen LogP contribution in [0.4, 0.5) is 11.5 Å². The van der Waals surface area contributed by atoms with Gasteiger partial charge in [0.15, 0.2) is 5.82 Å². The number of hydrogen-bond donors (Lipinski definition) is 0. The van der Waals surface area contributed by atoms with Gasteiger partial charge >= 0.3 is 0 Å². The van der Waals surface area contributed by atoms with Crippen molar-refractivity contribution in [3.63, 3.8) is 0 Å². The second-order valence-corrected chi connectivity index (χ2v) is 5.02. The fourth-order valence-corrected chi connectivity index (χ4v) is 2.18. The fraction of sp³-hybridized carbons (Fsp3) is 0.133. The molecule has 2 heterocycles. The van der Waals surface area contributed by atoms with Crippen molar-refractivity contribution in [2.24, 2.45) is 10.2 Å². The van der Waals surface area contributed by atoms with E-state index in [9.17, 15) is 0 Å². The van der Waals surface area contributed by atoms with Crippen molar-refractivity contribution in [2.75, 3.05) is 0 Å². The first-order chi connectivity index (χ1) is 9.65. The van der Waals surface area contributed by atoms with Crippen LogP contribution in [0.2, 0.25) is 5.02 Å². The topological polar surface area (TPSA) is 42.0 Å². The molecule has 3 rings (SSSR count). The summed E-state index contributed by atoms with van der Waals surface area (Å²) >= 11 is 5.98. The van der Waals surface area contributed by atoms with E-state index in [1.165, 1.54) is 0 Å². The Hall–Kier alpha value is -2.20. The molecule has 0 aliphatic carbocycles. The second kappa shape index (κ2) is 5.06. The van der Waals surface area contributed by atoms with Crippen molar-refractivity contribution < 1.29 is 0 Å². The van der Waals surface area contributed by atoms with Crippen LogP contribution in [0.3, 0.4) is 0 Å². The van der Waals surface area contributed by atoms with Gasteiger partial charge in [0.05, 0.1) is 11.4 Å². The molecule has 0 unspecified atom stereocenters. The number of rotatable bonds is 2. The standard InChI is InChI=1S/C15H13ClN4/c1-10-6-7-12(16)9-13(10)18-19-15-11(2)17-14-5-3-4-8-20(14)15/h3-9H,1-2H3. The van der Waals surface area contributed by atoms with Gasteiger partial charge in [-0.3, -0.25) is 4.40 Å². The number of aromatic nitrogens is 2. The highest BCUT2D eigenvalue weighted by Crippen LogP contribution is 2.27. The van der Waals surface area contributed by atoms with E-state index in [1.54, 1.807) is 6.07 Å². The number of pyridine rings is 1. The normalized spacial score (nSPS) is 11.6. The Morgan fingerprint density at radius 1 is 1.10 bits per heavy atom. The van der Waals surface area contributed by atoms with Crippen molar-refractivity contribution in [2.45, 2.75) is 13.8 Å². The molecule has 4 nitrogen and oxygen atoms in total. The lowest BCUT2D eigenvalue weighted by Crippen LogP contribution is -1.81. The van der Waals surface area contributed by atoms with E-state index < -0.39 is 0 Å². The van der Waals surface area contributed by atoms with E-state index in [0.29, 0.717) is 5.02 Å². The Labute approximate surface area is 121 Å². The van der Waals surface area contributed by atoms with Crippen molar-refractivity contribution in [1.29, 1.82) is 0 Å². The number of nitrogens with zero attached hydrogens (tertiary/aromatic N) is 4. The van der Waals surface area contributed by atoms with Gasteiger partial charge in [0.1, 0.15) is 5.65 Å². The molecule has 0 fully saturated rings. The Bertz CT molecular complexity index is 805. The lowest BCUT2D eigenvalue weighted by Gasteiger charge is -1.99. The van der Waals surface area contributed by atoms with E-state index in [0.717, 1.165) is 28.4 Å². The van der Waals surface area contributed by atoms with E-state index in [2.05, 4.69) is 15.2 Å². The molecule has 0 aliphatic rings. The lowest BCUT2D eigenvalue weighted by molar-refractivity contribution is 1.09. The fourth-order valence-electron chi connectivity index (χ4n) is 2.01. The maximum Gasteiger partial charge on any atom is 0.182 e. The third-order valence-corrected chi connectivity index (χ3v) is 3.33. The molecule has 0 saturated carbocycles. The van der Waals surface area contributed by atoms with Gasteiger partial charge in [0, 0.05) is 11.2 Å². The maximum absolute atomic E-state index is 5.98. The molecule has 3 aromatic rings. The zero-order chi connectivity index (χ0) is 14.1. The summed E-state index contributed by atoms with van der Waals surface area (Å²) < 4.78 is 1.92. The predicted octanol–water partition coefficient (Wildman–Crippen LogP) is 5.02. The highest BCUT2D eigenvalue weighted by atomic mass is 35.5. The van der Waals surface area contributed by atoms with Gasteiger partial charge in [0.2, 0.25) is 0 Å². The summed E-state index contributed by atoms with van der Waals surface area (Å²) in [6, 6.07) is 11.4. The van der Waals surface area contributed by atoms with Gasteiger partial charge in [-0.05, 0) is 43.7 Å². The molecule has 20 heavy (non-hydrogen) atoms. The predicted molar refractivity (Wildman–Crippen MR) is 80.3 cm³/mol. The first-order valence-corrected chi connectivity index (χ1v) is 6.64. The van der Waals surface area contributed by atoms with Gasteiger partial charge in [-0.15, -0.1) is 10.2 Å². The molecule has 0 saturated heterocycles. The van der Waals surface area contributed by atoms with Crippen molar-refractivity contribution in [3.05, 3.63) is 58.9 Å². The number of benzene rings is 1. The summed E-state index contributed by atoms with van der Waals surface area (Å²) in [6.07, 6.45) is 1.93. The number of hydrogen-bond acceptors (Lipinski definition) is 3. The maximum atomic E-state index is 5.98. The number of fused-ring (bicyclic) bond motifs is 1. The second-order valence-electron chi connectivity index (χ2n) is 4.58. The zero-order valence-electron chi connectivity index (χ0n) is 11.2. The molecule has 0 atom stereocenters. The minimum Gasteiger partial charge on any atom is -0.283 e. The highest BCUT2D eigenvalue weighted by molar-refractivity contribution is 6.30. The molecule has 0 amide bonds. The summed E-state index contributed by atoms with van der Waals surface area (Å²) in [7, 11) is 0. The summed E-state index contributed by atoms with van der Waals surface area (Å²) in [5, 5.41) is 9.28. The summed E-state index contributed by atoms with van der Waals surface area (Å²) in [6.45, 7) is 3.90. The first-order valence-electron chi connectivity index (χ1n) is 6.27. The van der Waals surface area contributed by atoms with Gasteiger partial charge in [-0.2, -0.15) is 0 Å². The Morgan fingerprint density at radius 2 is 1.95 bits per heavy atom. The first kappa shape index (κ1) is 12.8. The minimum atomic E-state index is 0.652. The number of aryl methyl sites for hydroxylation is 2. The Balaban J connectivity index is 2.06. The van der Waals surface area contributed by atoms with Crippen molar-refractivity contribution >= 4 is 28.8 Å². The largest absolute Gasteiger partial charge is 0.283 e. The molecule has 1 aromatic carbocycles. The van der Waals surface area contributed by atoms with E-state index in [-0.39, 0.29) is 0 Å². The molecule has 5 heteroatoms. The molecule has 0 bridgehead atoms. The van der Waals surface area contributed by atoms with Crippen LogP contribution in [0, 0.1) is 13.8 Å². The third kappa shape index (κ3) is 2.30. The molecule has 0 N–H and O–H groups in total. The van der Waals surface area contributed by atoms with Crippen LogP contribution < -0.4 is 0 Å². The summed E-state index contributed by atoms with van der Waals surface area (Å²) in [5.74, 6) is 0.736. The average molecular weight is 285 g/mol. The quantitative estimate of drug-likeness (QED) is 0.609. The summed E-state index contributed by atoms with van der Waals surface area (Å²) in [5.41, 5.74) is 3.51. The molecule has 2 aromatic heterocycles. The average Bonchev–Trinajstić information content (AvgIpc) is 2.75. The number of halogens is 1. The summed E-state index contributed by atoms with van der Waals surface area (Å²) in [4.78, 5) is 4.45. The number of imidazole rings is 1. The van der Waals surface area contributed by atoms with E-state index in [4.69, 9.17) is 11.6 Å². The van der Waals surface area contributed by atoms with Gasteiger partial charge < -0.3 is 0 Å². The van der Waals surface area contributed by atoms with Gasteiger partial charge in [0.25, 0.3) is 0 Å². The highest BCUT2D eigenvalue weighted by Gasteiger charge is 2.07. The SMILES string of the molecule is Cc1ccc(Cl)cc1N=Nc1c(C)nc2ccccn12. The minimum absolute atomic E-state index is 0.652. The third-order valence-electron chi connectivity index (χ3n) is 3.10. The Kier molecular flexibility index (Phi) is 3.24. The number of azo groups is 1. The zero-order valence-corrected chi connectivity index (χ0v) is 12.0. The van der Waals surface area contributed by atoms with Crippen LogP contribution in [0.25, 0.3) is 5.65 Å². The van der Waals surface area contributed by atoms with Crippen molar-refractivity contribution in [3.8, 4) is 0 Å². The van der Waals surface area contributed by atoms with E-state index >= 15 is 0 Å². The molecule has 100 valence electrons. The van der Waals surface area contributed by atoms with Gasteiger partial charge in [-0.25, -0.2) is 4.98 Å². The van der Waals surface area contributed by atoms with Crippen LogP contribution in [0.5, 0.6) is 0 Å². The van der Waals surface area contributed by atoms with Crippen LogP contribution in [0.1, 0.15) is 11.3 Å². The van der Waals surface area contributed by atoms with Crippen LogP contribution in [-0.4, -0.2) is 9.38 Å². The molecular weight excluding hydrogens is 272 g/mol. The van der Waals surface area contributed by atoms with Crippen molar-refractivity contribution in [1.82, 2.24) is 9.38 Å². The molecule has 0 aliphatic heterocycles. The molecule has 0 spiro atoms. The van der Waals surface area contributed by atoms with Crippen LogP contribution in [-0.2, 0) is 0 Å².